The molecule has 0 amide bonds. The van der Waals surface area contributed by atoms with Gasteiger partial charge in [-0.2, -0.15) is 0 Å². The minimum atomic E-state index is -2.60. The maximum atomic E-state index is 8.52. The van der Waals surface area contributed by atoms with Crippen molar-refractivity contribution in [3.05, 3.63) is 0 Å². The summed E-state index contributed by atoms with van der Waals surface area (Å²) in [5.41, 5.74) is 0. The molecule has 28 valence electrons. The third-order valence-corrected chi connectivity index (χ3v) is 0. The van der Waals surface area contributed by atoms with Crippen molar-refractivity contribution in [2.24, 2.45) is 0 Å². The van der Waals surface area contributed by atoms with Crippen molar-refractivity contribution in [1.82, 2.24) is 0 Å². The van der Waals surface area contributed by atoms with Crippen molar-refractivity contribution in [2.75, 3.05) is 0 Å². The maximum absolute atomic E-state index is 8.52. The van der Waals surface area contributed by atoms with Gasteiger partial charge < -0.3 is 10.7 Å². The second-order valence-corrected chi connectivity index (χ2v) is 0.603. The summed E-state index contributed by atoms with van der Waals surface area (Å²) in [5.74, 6) is 0. The Kier molecular flexibility index (Phi) is 12.0. The van der Waals surface area contributed by atoms with E-state index in [1.807, 2.05) is 0 Å². The van der Waals surface area contributed by atoms with Crippen LogP contribution in [0.1, 0.15) is 1.43 Å². The van der Waals surface area contributed by atoms with Gasteiger partial charge in [0.1, 0.15) is 0 Å². The van der Waals surface area contributed by atoms with Gasteiger partial charge in [-0.25, -0.2) is 0 Å². The monoisotopic (exact) mass is 170 g/mol. The Hall–Kier alpha value is 1.98. The summed E-state index contributed by atoms with van der Waals surface area (Å²) in [6.45, 7) is 0. The molecule has 0 aliphatic carbocycles. The van der Waals surface area contributed by atoms with Crippen LogP contribution in [-0.2, 0) is 0 Å². The first-order valence-corrected chi connectivity index (χ1v) is 1.43. The van der Waals surface area contributed by atoms with Crippen LogP contribution in [0.25, 0.3) is 0 Å². The minimum absolute atomic E-state index is 0. The van der Waals surface area contributed by atoms with Gasteiger partial charge >= 0.3 is 58.2 Å². The fourth-order valence-corrected chi connectivity index (χ4v) is 0. The molecular weight excluding hydrogens is 169 g/mol. The number of halogens is 1. The van der Waals surface area contributed by atoms with E-state index in [0.717, 1.165) is 0 Å². The predicted molar refractivity (Wildman–Crippen MR) is 3.33 cm³/mol. The summed E-state index contributed by atoms with van der Waals surface area (Å²) in [5, 5.41) is 0. The van der Waals surface area contributed by atoms with Crippen LogP contribution in [-0.4, -0.2) is 4.66 Å². The summed E-state index contributed by atoms with van der Waals surface area (Å²) in [6.07, 6.45) is 0. The molecule has 0 saturated carbocycles. The van der Waals surface area contributed by atoms with Crippen molar-refractivity contribution in [2.45, 2.75) is 0 Å². The molecule has 0 radical (unpaired) electrons. The molecule has 5 heteroatoms. The van der Waals surface area contributed by atoms with Crippen LogP contribution in [0.15, 0.2) is 0 Å². The first kappa shape index (κ1) is 10.1. The summed E-state index contributed by atoms with van der Waals surface area (Å²) in [6, 6.07) is 0. The summed E-state index contributed by atoms with van der Waals surface area (Å²) in [4.78, 5) is 0. The Bertz CT molecular complexity index is 15.5. The van der Waals surface area contributed by atoms with Crippen molar-refractivity contribution < 1.29 is 84.4 Å². The second kappa shape index (κ2) is 5.98. The van der Waals surface area contributed by atoms with Crippen LogP contribution in [0.4, 0.5) is 0 Å². The van der Waals surface area contributed by atoms with Crippen molar-refractivity contribution in [3.8, 4) is 0 Å². The SMILES string of the molecule is [H-].[O-][Cl+2]([O-])O.[Rb+]. The molecule has 1 N–H and O–H groups in total. The van der Waals surface area contributed by atoms with E-state index in [1.165, 1.54) is 0 Å². The molecule has 0 aromatic rings. The van der Waals surface area contributed by atoms with Crippen molar-refractivity contribution in [1.29, 1.82) is 0 Å². The zero-order valence-corrected chi connectivity index (χ0v) is 8.31. The van der Waals surface area contributed by atoms with Crippen molar-refractivity contribution >= 4 is 0 Å². The summed E-state index contributed by atoms with van der Waals surface area (Å²) >= 11 is 0. The first-order chi connectivity index (χ1) is 1.73. The second-order valence-electron chi connectivity index (χ2n) is 0.201. The summed E-state index contributed by atoms with van der Waals surface area (Å²) < 4.78 is 24.0. The van der Waals surface area contributed by atoms with E-state index >= 15 is 0 Å². The third kappa shape index (κ3) is 24.2. The Morgan fingerprint density at radius 2 is 1.60 bits per heavy atom. The molecule has 5 heavy (non-hydrogen) atoms. The molecule has 0 aliphatic rings. The van der Waals surface area contributed by atoms with E-state index in [4.69, 9.17) is 14.0 Å². The van der Waals surface area contributed by atoms with E-state index in [1.54, 1.807) is 0 Å². The van der Waals surface area contributed by atoms with Gasteiger partial charge in [-0.15, -0.1) is 0 Å². The molecule has 0 aromatic carbocycles. The molecule has 0 fully saturated rings. The number of rotatable bonds is 0. The Morgan fingerprint density at radius 3 is 1.60 bits per heavy atom. The largest absolute Gasteiger partial charge is 1.00 e. The molecule has 0 aromatic heterocycles. The van der Waals surface area contributed by atoms with Gasteiger partial charge in [-0.05, 0) is 0 Å². The van der Waals surface area contributed by atoms with E-state index in [-0.39, 0.29) is 59.6 Å². The number of hydrogen-bond donors (Lipinski definition) is 1. The van der Waals surface area contributed by atoms with Crippen LogP contribution in [0.5, 0.6) is 0 Å². The van der Waals surface area contributed by atoms with Crippen LogP contribution in [0.2, 0.25) is 0 Å². The molecule has 3 nitrogen and oxygen atoms in total. The molecule has 0 saturated heterocycles. The molecule has 0 bridgehead atoms. The standard InChI is InChI=1S/ClHO3.Rb.H/c2-1(3)4;;/h2H;;/q;+1;-1. The van der Waals surface area contributed by atoms with Gasteiger partial charge in [0.05, 0.1) is 0 Å². The van der Waals surface area contributed by atoms with Gasteiger partial charge in [0.2, 0.25) is 0 Å². The van der Waals surface area contributed by atoms with E-state index in [9.17, 15) is 0 Å². The molecule has 0 aliphatic heterocycles. The minimum Gasteiger partial charge on any atom is -1.00 e. The normalized spacial score (nSPS) is 7.20. The topological polar surface area (TPSA) is 66.3 Å². The quantitative estimate of drug-likeness (QED) is 0.394. The Morgan fingerprint density at radius 1 is 1.60 bits per heavy atom. The maximum Gasteiger partial charge on any atom is 1.00 e. The zero-order chi connectivity index (χ0) is 3.58. The van der Waals surface area contributed by atoms with Crippen LogP contribution in [0.3, 0.4) is 0 Å². The first-order valence-electron chi connectivity index (χ1n) is 0.478. The third-order valence-electron chi connectivity index (χ3n) is 0. The molecule has 0 atom stereocenters. The molecule has 0 heterocycles. The van der Waals surface area contributed by atoms with Gasteiger partial charge in [-0.3, -0.25) is 0 Å². The van der Waals surface area contributed by atoms with Gasteiger partial charge in [-0.1, -0.05) is 0 Å². The van der Waals surface area contributed by atoms with Crippen LogP contribution < -0.4 is 67.5 Å². The van der Waals surface area contributed by atoms with E-state index in [2.05, 4.69) is 0 Å². The van der Waals surface area contributed by atoms with Crippen LogP contribution >= 0.6 is 0 Å². The summed E-state index contributed by atoms with van der Waals surface area (Å²) in [7, 11) is -2.60. The Labute approximate surface area is 82.7 Å². The van der Waals surface area contributed by atoms with Gasteiger partial charge in [0, 0.05) is 4.66 Å². The smallest absolute Gasteiger partial charge is 1.00 e. The van der Waals surface area contributed by atoms with Crippen LogP contribution in [0, 0.1) is 10.8 Å². The fourth-order valence-electron chi connectivity index (χ4n) is 0. The number of hydrogen-bond acceptors (Lipinski definition) is 3. The van der Waals surface area contributed by atoms with E-state index in [0.29, 0.717) is 0 Å². The molecule has 0 rings (SSSR count). The fraction of sp³-hybridized carbons (Fsp3) is 0. The molecule has 0 unspecified atom stereocenters. The predicted octanol–water partition coefficient (Wildman–Crippen LogP) is -5.82. The zero-order valence-electron chi connectivity index (χ0n) is 3.64. The van der Waals surface area contributed by atoms with Crippen molar-refractivity contribution in [3.63, 3.8) is 0 Å². The molecular formula is H2ClO3Rb. The average Bonchev–Trinajstić information content (AvgIpc) is 0.811. The van der Waals surface area contributed by atoms with E-state index < -0.39 is 10.8 Å². The Balaban J connectivity index is -0.0000000450. The average molecular weight is 171 g/mol. The van der Waals surface area contributed by atoms with Gasteiger partial charge in [0.15, 0.2) is 0 Å². The molecule has 0 spiro atoms. The van der Waals surface area contributed by atoms with Gasteiger partial charge in [0.25, 0.3) is 10.8 Å².